The van der Waals surface area contributed by atoms with Crippen LogP contribution in [-0.4, -0.2) is 17.1 Å². The Morgan fingerprint density at radius 2 is 2.18 bits per heavy atom. The molecule has 0 radical (unpaired) electrons. The number of carbonyl (C=O) groups is 1. The molecule has 0 saturated heterocycles. The highest BCUT2D eigenvalue weighted by molar-refractivity contribution is 5.81. The first-order valence-electron chi connectivity index (χ1n) is 6.25. The Morgan fingerprint density at radius 3 is 2.82 bits per heavy atom. The van der Waals surface area contributed by atoms with Crippen molar-refractivity contribution in [1.82, 2.24) is 0 Å². The molecule has 17 heavy (non-hydrogen) atoms. The van der Waals surface area contributed by atoms with Gasteiger partial charge in [0.25, 0.3) is 0 Å². The molecule has 1 aromatic carbocycles. The van der Waals surface area contributed by atoms with Crippen molar-refractivity contribution in [1.29, 1.82) is 0 Å². The maximum atomic E-state index is 11.4. The number of benzene rings is 1. The number of aliphatic carboxylic acids is 1. The molecule has 3 heteroatoms. The largest absolute Gasteiger partial charge is 0.481 e. The van der Waals surface area contributed by atoms with Gasteiger partial charge in [-0.05, 0) is 43.2 Å². The minimum absolute atomic E-state index is 0.336. The van der Waals surface area contributed by atoms with Crippen molar-refractivity contribution in [3.05, 3.63) is 29.3 Å². The number of fused-ring (bicyclic) bond motifs is 1. The summed E-state index contributed by atoms with van der Waals surface area (Å²) in [5.41, 5.74) is 3.16. The van der Waals surface area contributed by atoms with Gasteiger partial charge < -0.3 is 10.4 Å². The number of aryl methyl sites for hydroxylation is 1. The molecule has 2 N–H and O–H groups in total. The average Bonchev–Trinajstić information content (AvgIpc) is 3.12. The summed E-state index contributed by atoms with van der Waals surface area (Å²) in [6, 6.07) is 6.28. The van der Waals surface area contributed by atoms with Crippen LogP contribution in [0, 0.1) is 12.8 Å². The minimum Gasteiger partial charge on any atom is -0.481 e. The van der Waals surface area contributed by atoms with Crippen LogP contribution in [0.25, 0.3) is 0 Å². The van der Waals surface area contributed by atoms with Crippen LogP contribution in [0.4, 0.5) is 5.69 Å². The van der Waals surface area contributed by atoms with Gasteiger partial charge >= 0.3 is 5.97 Å². The molecule has 3 rings (SSSR count). The molecule has 0 amide bonds. The summed E-state index contributed by atoms with van der Waals surface area (Å²) in [6.45, 7) is 2.04. The lowest BCUT2D eigenvalue weighted by Crippen LogP contribution is -2.33. The van der Waals surface area contributed by atoms with Gasteiger partial charge in [-0.2, -0.15) is 0 Å². The number of hydrogen-bond acceptors (Lipinski definition) is 2. The van der Waals surface area contributed by atoms with E-state index in [0.29, 0.717) is 12.0 Å². The Bertz CT molecular complexity index is 465. The standard InChI is InChI=1S/C14H17NO2/c1-8-3-2-4-10-11(14(16)17)7-12(9-5-6-9)15-13(8)10/h2-4,9,11-12,15H,5-7H2,1H3,(H,16,17). The predicted octanol–water partition coefficient (Wildman–Crippen LogP) is 2.76. The number of anilines is 1. The Hall–Kier alpha value is -1.51. The maximum absolute atomic E-state index is 11.4. The van der Waals surface area contributed by atoms with E-state index in [1.54, 1.807) is 0 Å². The molecule has 3 nitrogen and oxygen atoms in total. The highest BCUT2D eigenvalue weighted by Crippen LogP contribution is 2.44. The zero-order valence-corrected chi connectivity index (χ0v) is 9.94. The Balaban J connectivity index is 2.02. The van der Waals surface area contributed by atoms with Crippen molar-refractivity contribution in [3.63, 3.8) is 0 Å². The Kier molecular flexibility index (Phi) is 2.35. The number of hydrogen-bond donors (Lipinski definition) is 2. The molecule has 1 heterocycles. The number of rotatable bonds is 2. The Morgan fingerprint density at radius 1 is 1.41 bits per heavy atom. The number of para-hydroxylation sites is 1. The zero-order chi connectivity index (χ0) is 12.0. The normalized spacial score (nSPS) is 27.1. The van der Waals surface area contributed by atoms with E-state index in [2.05, 4.69) is 5.32 Å². The third-order valence-corrected chi connectivity index (χ3v) is 3.99. The summed E-state index contributed by atoms with van der Waals surface area (Å²) in [4.78, 5) is 11.4. The lowest BCUT2D eigenvalue weighted by atomic mass is 9.84. The summed E-state index contributed by atoms with van der Waals surface area (Å²) in [5.74, 6) is -0.342. The van der Waals surface area contributed by atoms with Gasteiger partial charge in [-0.3, -0.25) is 4.79 Å². The Labute approximate surface area is 101 Å². The highest BCUT2D eigenvalue weighted by atomic mass is 16.4. The second kappa shape index (κ2) is 3.76. The molecule has 0 spiro atoms. The molecule has 1 aromatic rings. The van der Waals surface area contributed by atoms with Gasteiger partial charge in [-0.1, -0.05) is 18.2 Å². The lowest BCUT2D eigenvalue weighted by Gasteiger charge is -2.32. The van der Waals surface area contributed by atoms with Crippen LogP contribution in [0.3, 0.4) is 0 Å². The SMILES string of the molecule is Cc1cccc2c1NC(C1CC1)CC2C(=O)O. The first-order valence-corrected chi connectivity index (χ1v) is 6.25. The van der Waals surface area contributed by atoms with E-state index in [1.807, 2.05) is 25.1 Å². The molecule has 1 aliphatic carbocycles. The number of nitrogens with one attached hydrogen (secondary N) is 1. The van der Waals surface area contributed by atoms with E-state index in [1.165, 1.54) is 12.8 Å². The van der Waals surface area contributed by atoms with Gasteiger partial charge in [0, 0.05) is 11.7 Å². The molecule has 2 aliphatic rings. The first-order chi connectivity index (χ1) is 8.16. The summed E-state index contributed by atoms with van der Waals surface area (Å²) in [7, 11) is 0. The van der Waals surface area contributed by atoms with E-state index in [0.717, 1.165) is 23.2 Å². The summed E-state index contributed by atoms with van der Waals surface area (Å²) in [6.07, 6.45) is 3.22. The van der Waals surface area contributed by atoms with Gasteiger partial charge in [0.05, 0.1) is 5.92 Å². The van der Waals surface area contributed by atoms with Crippen LogP contribution < -0.4 is 5.32 Å². The van der Waals surface area contributed by atoms with Crippen LogP contribution >= 0.6 is 0 Å². The lowest BCUT2D eigenvalue weighted by molar-refractivity contribution is -0.139. The van der Waals surface area contributed by atoms with Crippen molar-refractivity contribution in [3.8, 4) is 0 Å². The molecule has 1 fully saturated rings. The number of carboxylic acids is 1. The minimum atomic E-state index is -0.691. The van der Waals surface area contributed by atoms with E-state index in [4.69, 9.17) is 0 Å². The van der Waals surface area contributed by atoms with Crippen LogP contribution in [0.15, 0.2) is 18.2 Å². The first kappa shape index (κ1) is 10.6. The van der Waals surface area contributed by atoms with E-state index in [9.17, 15) is 9.90 Å². The fourth-order valence-corrected chi connectivity index (χ4v) is 2.85. The zero-order valence-electron chi connectivity index (χ0n) is 9.94. The van der Waals surface area contributed by atoms with E-state index < -0.39 is 5.97 Å². The molecule has 0 aromatic heterocycles. The van der Waals surface area contributed by atoms with Gasteiger partial charge in [-0.25, -0.2) is 0 Å². The van der Waals surface area contributed by atoms with Crippen molar-refractivity contribution >= 4 is 11.7 Å². The average molecular weight is 231 g/mol. The number of carboxylic acid groups (broad SMARTS) is 1. The van der Waals surface area contributed by atoms with E-state index >= 15 is 0 Å². The fourth-order valence-electron chi connectivity index (χ4n) is 2.85. The van der Waals surface area contributed by atoms with Gasteiger partial charge in [-0.15, -0.1) is 0 Å². The van der Waals surface area contributed by atoms with Crippen LogP contribution in [0.5, 0.6) is 0 Å². The fraction of sp³-hybridized carbons (Fsp3) is 0.500. The smallest absolute Gasteiger partial charge is 0.311 e. The second-order valence-electron chi connectivity index (χ2n) is 5.25. The van der Waals surface area contributed by atoms with Crippen molar-refractivity contribution < 1.29 is 9.90 Å². The van der Waals surface area contributed by atoms with Gasteiger partial charge in [0.1, 0.15) is 0 Å². The third-order valence-electron chi connectivity index (χ3n) is 3.99. The summed E-state index contributed by atoms with van der Waals surface area (Å²) < 4.78 is 0. The molecule has 1 saturated carbocycles. The van der Waals surface area contributed by atoms with Gasteiger partial charge in [0.15, 0.2) is 0 Å². The molecule has 2 unspecified atom stereocenters. The summed E-state index contributed by atoms with van der Waals surface area (Å²) in [5, 5.41) is 12.9. The van der Waals surface area contributed by atoms with Crippen molar-refractivity contribution in [2.24, 2.45) is 5.92 Å². The molecule has 0 bridgehead atoms. The van der Waals surface area contributed by atoms with Gasteiger partial charge in [0.2, 0.25) is 0 Å². The second-order valence-corrected chi connectivity index (χ2v) is 5.25. The maximum Gasteiger partial charge on any atom is 0.311 e. The molecule has 90 valence electrons. The van der Waals surface area contributed by atoms with Crippen LogP contribution in [0.1, 0.15) is 36.3 Å². The topological polar surface area (TPSA) is 49.3 Å². The molecule has 1 aliphatic heterocycles. The molecule has 2 atom stereocenters. The summed E-state index contributed by atoms with van der Waals surface area (Å²) >= 11 is 0. The van der Waals surface area contributed by atoms with Crippen LogP contribution in [0.2, 0.25) is 0 Å². The van der Waals surface area contributed by atoms with Crippen molar-refractivity contribution in [2.45, 2.75) is 38.1 Å². The third kappa shape index (κ3) is 1.79. The monoisotopic (exact) mass is 231 g/mol. The highest BCUT2D eigenvalue weighted by Gasteiger charge is 2.39. The predicted molar refractivity (Wildman–Crippen MR) is 66.3 cm³/mol. The molecular weight excluding hydrogens is 214 g/mol. The van der Waals surface area contributed by atoms with Crippen LogP contribution in [-0.2, 0) is 4.79 Å². The quantitative estimate of drug-likeness (QED) is 0.822. The van der Waals surface area contributed by atoms with Crippen molar-refractivity contribution in [2.75, 3.05) is 5.32 Å². The molecular formula is C14H17NO2. The van der Waals surface area contributed by atoms with E-state index in [-0.39, 0.29) is 5.92 Å².